The van der Waals surface area contributed by atoms with Crippen LogP contribution in [-0.2, 0) is 0 Å². The maximum atomic E-state index is 13.4. The van der Waals surface area contributed by atoms with E-state index in [-0.39, 0.29) is 23.0 Å². The predicted molar refractivity (Wildman–Crippen MR) is 137 cm³/mol. The van der Waals surface area contributed by atoms with Crippen molar-refractivity contribution in [2.75, 3.05) is 24.0 Å². The van der Waals surface area contributed by atoms with Crippen molar-refractivity contribution in [2.45, 2.75) is 12.1 Å². The first-order chi connectivity index (χ1) is 17.4. The molecule has 182 valence electrons. The van der Waals surface area contributed by atoms with E-state index in [2.05, 4.69) is 15.7 Å². The number of hydrogen-bond donors (Lipinski definition) is 4. The van der Waals surface area contributed by atoms with Gasteiger partial charge in [-0.25, -0.2) is 4.98 Å². The van der Waals surface area contributed by atoms with Crippen LogP contribution in [0.1, 0.15) is 20.8 Å². The van der Waals surface area contributed by atoms with Crippen LogP contribution >= 0.6 is 23.1 Å². The van der Waals surface area contributed by atoms with Crippen molar-refractivity contribution >= 4 is 50.6 Å². The number of hydrogen-bond acceptors (Lipinski definition) is 10. The average Bonchev–Trinajstić information content (AvgIpc) is 3.22. The summed E-state index contributed by atoms with van der Waals surface area (Å²) in [6.45, 7) is 2.64. The Balaban J connectivity index is 1.32. The summed E-state index contributed by atoms with van der Waals surface area (Å²) < 4.78 is 12.4. The number of ether oxygens (including phenoxy) is 2. The van der Waals surface area contributed by atoms with Gasteiger partial charge in [0, 0.05) is 22.7 Å². The lowest BCUT2D eigenvalue weighted by Gasteiger charge is -2.20. The normalized spacial score (nSPS) is 14.1. The van der Waals surface area contributed by atoms with E-state index in [1.54, 1.807) is 36.6 Å². The van der Waals surface area contributed by atoms with Gasteiger partial charge in [0.05, 0.1) is 16.0 Å². The number of fused-ring (bicyclic) bond motifs is 3. The number of thioether (sulfide) groups is 1. The first-order valence-electron chi connectivity index (χ1n) is 10.8. The number of nitrogens with one attached hydrogen (secondary N) is 2. The van der Waals surface area contributed by atoms with Crippen molar-refractivity contribution in [2.24, 2.45) is 0 Å². The molecule has 2 aromatic carbocycles. The zero-order valence-corrected chi connectivity index (χ0v) is 20.3. The van der Waals surface area contributed by atoms with Gasteiger partial charge in [-0.15, -0.1) is 11.3 Å². The second-order valence-electron chi connectivity index (χ2n) is 8.05. The summed E-state index contributed by atoms with van der Waals surface area (Å²) in [5.74, 6) is 0.330. The molecule has 0 radical (unpaired) electrons. The van der Waals surface area contributed by atoms with Crippen molar-refractivity contribution in [3.05, 3.63) is 68.2 Å². The Morgan fingerprint density at radius 3 is 2.72 bits per heavy atom. The highest BCUT2D eigenvalue weighted by atomic mass is 32.2. The van der Waals surface area contributed by atoms with Gasteiger partial charge in [-0.05, 0) is 42.8 Å². The lowest BCUT2D eigenvalue weighted by Crippen LogP contribution is -2.32. The van der Waals surface area contributed by atoms with Gasteiger partial charge in [0.2, 0.25) is 0 Å². The highest BCUT2D eigenvalue weighted by Crippen LogP contribution is 2.36. The highest BCUT2D eigenvalue weighted by Gasteiger charge is 2.24. The van der Waals surface area contributed by atoms with Crippen LogP contribution in [0.15, 0.2) is 51.8 Å². The zero-order valence-electron chi connectivity index (χ0n) is 18.7. The fourth-order valence-electron chi connectivity index (χ4n) is 3.95. The van der Waals surface area contributed by atoms with E-state index in [1.165, 1.54) is 28.6 Å². The summed E-state index contributed by atoms with van der Waals surface area (Å²) in [7, 11) is 0. The van der Waals surface area contributed by atoms with Gasteiger partial charge in [0.15, 0.2) is 28.2 Å². The van der Waals surface area contributed by atoms with Crippen LogP contribution in [0.25, 0.3) is 15.9 Å². The molecule has 36 heavy (non-hydrogen) atoms. The number of aromatic hydroxyl groups is 2. The van der Waals surface area contributed by atoms with E-state index in [1.807, 2.05) is 0 Å². The minimum atomic E-state index is -0.353. The summed E-state index contributed by atoms with van der Waals surface area (Å²) in [5.41, 5.74) is 4.89. The number of rotatable bonds is 3. The van der Waals surface area contributed by atoms with Crippen molar-refractivity contribution in [1.82, 2.24) is 9.66 Å². The maximum absolute atomic E-state index is 13.4. The topological polar surface area (TPSA) is 135 Å². The van der Waals surface area contributed by atoms with Crippen LogP contribution in [-0.4, -0.2) is 39.0 Å². The van der Waals surface area contributed by atoms with E-state index in [0.29, 0.717) is 67.5 Å². The number of anilines is 1. The molecule has 4 N–H and O–H groups in total. The average molecular weight is 523 g/mol. The van der Waals surface area contributed by atoms with E-state index in [9.17, 15) is 19.8 Å². The molecule has 0 unspecified atom stereocenters. The summed E-state index contributed by atoms with van der Waals surface area (Å²) >= 11 is 2.39. The number of amides is 1. The monoisotopic (exact) mass is 522 g/mol. The largest absolute Gasteiger partial charge is 0.504 e. The van der Waals surface area contributed by atoms with Gasteiger partial charge in [0.1, 0.15) is 18.0 Å². The number of benzene rings is 2. The molecule has 0 spiro atoms. The number of nitrogens with zero attached hydrogens (tertiary/aromatic N) is 2. The minimum Gasteiger partial charge on any atom is -0.504 e. The standard InChI is InChI=1S/C24H18N4O6S2/c1-11-19-22(36-20(11)21(31)25-13-3-5-17-18(9-13)34-7-6-33-17)26-24-28(23(19)32)27-14(10-35-24)12-2-4-15(29)16(30)8-12/h2-5,8-10,27,29-30H,6-7H2,1H3,(H,25,31). The zero-order chi connectivity index (χ0) is 25.0. The predicted octanol–water partition coefficient (Wildman–Crippen LogP) is 3.85. The van der Waals surface area contributed by atoms with Gasteiger partial charge >= 0.3 is 0 Å². The third-order valence-corrected chi connectivity index (χ3v) is 7.76. The van der Waals surface area contributed by atoms with E-state index in [0.717, 1.165) is 11.3 Å². The fourth-order valence-corrected chi connectivity index (χ4v) is 5.86. The molecule has 2 aliphatic heterocycles. The summed E-state index contributed by atoms with van der Waals surface area (Å²) in [5, 5.41) is 24.8. The van der Waals surface area contributed by atoms with Gasteiger partial charge in [-0.3, -0.25) is 15.0 Å². The Hall–Kier alpha value is -4.16. The first-order valence-corrected chi connectivity index (χ1v) is 12.5. The molecular formula is C24H18N4O6S2. The lowest BCUT2D eigenvalue weighted by molar-refractivity contribution is 0.103. The Kier molecular flexibility index (Phi) is 5.27. The molecule has 10 nitrogen and oxygen atoms in total. The molecule has 4 heterocycles. The second kappa shape index (κ2) is 8.50. The Morgan fingerprint density at radius 1 is 1.11 bits per heavy atom. The van der Waals surface area contributed by atoms with Crippen LogP contribution in [0.2, 0.25) is 0 Å². The quantitative estimate of drug-likeness (QED) is 0.234. The van der Waals surface area contributed by atoms with Gasteiger partial charge in [0.25, 0.3) is 11.5 Å². The van der Waals surface area contributed by atoms with Gasteiger partial charge in [-0.1, -0.05) is 11.8 Å². The number of phenolic OH excluding ortho intramolecular Hbond substituents is 2. The van der Waals surface area contributed by atoms with Gasteiger partial charge < -0.3 is 25.0 Å². The van der Waals surface area contributed by atoms with Gasteiger partial charge in [-0.2, -0.15) is 4.68 Å². The molecule has 0 saturated heterocycles. The number of thiophene rings is 1. The van der Waals surface area contributed by atoms with Crippen molar-refractivity contribution in [1.29, 1.82) is 0 Å². The molecule has 0 fully saturated rings. The van der Waals surface area contributed by atoms with Crippen LogP contribution in [0.3, 0.4) is 0 Å². The van der Waals surface area contributed by atoms with Crippen molar-refractivity contribution in [3.63, 3.8) is 0 Å². The molecule has 4 aromatic rings. The number of aryl methyl sites for hydroxylation is 1. The smallest absolute Gasteiger partial charge is 0.282 e. The van der Waals surface area contributed by atoms with E-state index < -0.39 is 0 Å². The number of carbonyl (C=O) groups excluding carboxylic acids is 1. The fraction of sp³-hybridized carbons (Fsp3) is 0.125. The molecular weight excluding hydrogens is 504 g/mol. The summed E-state index contributed by atoms with van der Waals surface area (Å²) in [6.07, 6.45) is 0. The summed E-state index contributed by atoms with van der Waals surface area (Å²) in [4.78, 5) is 32.0. The molecule has 2 aliphatic rings. The minimum absolute atomic E-state index is 0.236. The molecule has 2 aromatic heterocycles. The molecule has 6 rings (SSSR count). The summed E-state index contributed by atoms with van der Waals surface area (Å²) in [6, 6.07) is 9.56. The third-order valence-electron chi connectivity index (χ3n) is 5.74. The molecule has 1 amide bonds. The SMILES string of the molecule is Cc1c(C(=O)Nc2ccc3c(c2)OCCO3)sc2nc3n(c(=O)c12)NC(c1ccc(O)c(O)c1)=CS3. The maximum Gasteiger partial charge on any atom is 0.282 e. The molecule has 0 saturated carbocycles. The number of aromatic nitrogens is 2. The van der Waals surface area contributed by atoms with Crippen molar-refractivity contribution < 1.29 is 24.5 Å². The number of carbonyl (C=O) groups is 1. The third kappa shape index (κ3) is 3.71. The van der Waals surface area contributed by atoms with E-state index >= 15 is 0 Å². The highest BCUT2D eigenvalue weighted by molar-refractivity contribution is 8.02. The van der Waals surface area contributed by atoms with Crippen LogP contribution < -0.4 is 25.8 Å². The number of phenols is 2. The van der Waals surface area contributed by atoms with Crippen LogP contribution in [0, 0.1) is 6.92 Å². The van der Waals surface area contributed by atoms with Crippen molar-refractivity contribution in [3.8, 4) is 23.0 Å². The molecule has 0 bridgehead atoms. The van der Waals surface area contributed by atoms with Crippen LogP contribution in [0.4, 0.5) is 5.69 Å². The lowest BCUT2D eigenvalue weighted by atomic mass is 10.1. The molecule has 12 heteroatoms. The molecule has 0 atom stereocenters. The first kappa shape index (κ1) is 22.3. The Bertz CT molecular complexity index is 1660. The Morgan fingerprint density at radius 2 is 1.92 bits per heavy atom. The van der Waals surface area contributed by atoms with E-state index in [4.69, 9.17) is 9.47 Å². The van der Waals surface area contributed by atoms with Crippen LogP contribution in [0.5, 0.6) is 23.0 Å². The Labute approximate surface area is 211 Å². The second-order valence-corrected chi connectivity index (χ2v) is 9.88. The molecule has 0 aliphatic carbocycles.